The second-order valence-corrected chi connectivity index (χ2v) is 3.86. The predicted molar refractivity (Wildman–Crippen MR) is 67.6 cm³/mol. The maximum Gasteiger partial charge on any atom is 0.134 e. The van der Waals surface area contributed by atoms with E-state index >= 15 is 0 Å². The lowest BCUT2D eigenvalue weighted by Gasteiger charge is -2.07. The zero-order valence-corrected chi connectivity index (χ0v) is 9.82. The van der Waals surface area contributed by atoms with Crippen LogP contribution in [0.5, 0.6) is 5.75 Å². The lowest BCUT2D eigenvalue weighted by Crippen LogP contribution is -1.95. The first-order chi connectivity index (χ1) is 8.31. The van der Waals surface area contributed by atoms with Gasteiger partial charge in [0.15, 0.2) is 0 Å². The third kappa shape index (κ3) is 2.84. The summed E-state index contributed by atoms with van der Waals surface area (Å²) in [5, 5.41) is 0. The molecule has 2 heteroatoms. The highest BCUT2D eigenvalue weighted by atomic mass is 19.1. The summed E-state index contributed by atoms with van der Waals surface area (Å²) in [6.45, 7) is 2.64. The van der Waals surface area contributed by atoms with E-state index in [-0.39, 0.29) is 5.82 Å². The number of rotatable bonds is 4. The molecular formula is C15H15FO. The van der Waals surface area contributed by atoms with Gasteiger partial charge in [-0.05, 0) is 24.1 Å². The normalized spacial score (nSPS) is 10.2. The van der Waals surface area contributed by atoms with Crippen LogP contribution < -0.4 is 4.74 Å². The number of halogens is 1. The fraction of sp³-hybridized carbons (Fsp3) is 0.200. The summed E-state index contributed by atoms with van der Waals surface area (Å²) in [6, 6.07) is 14.5. The minimum Gasteiger partial charge on any atom is -0.494 e. The van der Waals surface area contributed by atoms with Gasteiger partial charge >= 0.3 is 0 Å². The van der Waals surface area contributed by atoms with Gasteiger partial charge in [0.1, 0.15) is 11.6 Å². The maximum atomic E-state index is 13.9. The van der Waals surface area contributed by atoms with Crippen LogP contribution in [0.25, 0.3) is 11.1 Å². The van der Waals surface area contributed by atoms with E-state index in [1.807, 2.05) is 37.3 Å². The van der Waals surface area contributed by atoms with Crippen LogP contribution in [0.15, 0.2) is 48.5 Å². The zero-order valence-electron chi connectivity index (χ0n) is 9.82. The molecule has 0 N–H and O–H groups in total. The molecule has 0 aromatic heterocycles. The van der Waals surface area contributed by atoms with Crippen molar-refractivity contribution in [3.8, 4) is 16.9 Å². The lowest BCUT2D eigenvalue weighted by atomic mass is 10.1. The van der Waals surface area contributed by atoms with Crippen molar-refractivity contribution >= 4 is 0 Å². The van der Waals surface area contributed by atoms with Crippen molar-refractivity contribution in [2.45, 2.75) is 13.3 Å². The standard InChI is InChI=1S/C15H15FO/c1-2-10-17-13-8-9-14(15(16)11-13)12-6-4-3-5-7-12/h3-9,11H,2,10H2,1H3. The van der Waals surface area contributed by atoms with Gasteiger partial charge < -0.3 is 4.74 Å². The Morgan fingerprint density at radius 1 is 1.06 bits per heavy atom. The molecule has 88 valence electrons. The molecule has 0 fully saturated rings. The van der Waals surface area contributed by atoms with Gasteiger partial charge in [-0.1, -0.05) is 37.3 Å². The van der Waals surface area contributed by atoms with Crippen LogP contribution >= 0.6 is 0 Å². The van der Waals surface area contributed by atoms with Crippen molar-refractivity contribution in [2.24, 2.45) is 0 Å². The first kappa shape index (κ1) is 11.6. The highest BCUT2D eigenvalue weighted by Gasteiger charge is 2.05. The van der Waals surface area contributed by atoms with Crippen molar-refractivity contribution in [1.29, 1.82) is 0 Å². The molecule has 17 heavy (non-hydrogen) atoms. The summed E-state index contributed by atoms with van der Waals surface area (Å²) in [6.07, 6.45) is 0.919. The van der Waals surface area contributed by atoms with Gasteiger partial charge in [0.05, 0.1) is 6.61 Å². The Kier molecular flexibility index (Phi) is 3.76. The summed E-state index contributed by atoms with van der Waals surface area (Å²) in [5.41, 5.74) is 1.49. The highest BCUT2D eigenvalue weighted by Crippen LogP contribution is 2.25. The Morgan fingerprint density at radius 3 is 2.47 bits per heavy atom. The smallest absolute Gasteiger partial charge is 0.134 e. The quantitative estimate of drug-likeness (QED) is 0.761. The SMILES string of the molecule is CCCOc1ccc(-c2ccccc2)c(F)c1. The summed E-state index contributed by atoms with van der Waals surface area (Å²) < 4.78 is 19.3. The molecule has 0 amide bonds. The Hall–Kier alpha value is -1.83. The molecule has 0 unspecified atom stereocenters. The van der Waals surface area contributed by atoms with Crippen LogP contribution in [0.2, 0.25) is 0 Å². The summed E-state index contributed by atoms with van der Waals surface area (Å²) in [5.74, 6) is 0.342. The largest absolute Gasteiger partial charge is 0.494 e. The molecule has 0 saturated heterocycles. The van der Waals surface area contributed by atoms with Crippen molar-refractivity contribution < 1.29 is 9.13 Å². The molecule has 0 spiro atoms. The third-order valence-corrected chi connectivity index (χ3v) is 2.50. The van der Waals surface area contributed by atoms with Gasteiger partial charge in [0, 0.05) is 11.6 Å². The average Bonchev–Trinajstić information content (AvgIpc) is 2.37. The summed E-state index contributed by atoms with van der Waals surface area (Å²) in [7, 11) is 0. The van der Waals surface area contributed by atoms with Crippen molar-refractivity contribution in [2.75, 3.05) is 6.61 Å². The van der Waals surface area contributed by atoms with Gasteiger partial charge in [-0.15, -0.1) is 0 Å². The molecule has 2 aromatic carbocycles. The number of hydrogen-bond donors (Lipinski definition) is 0. The van der Waals surface area contributed by atoms with E-state index in [4.69, 9.17) is 4.74 Å². The average molecular weight is 230 g/mol. The molecule has 2 aromatic rings. The third-order valence-electron chi connectivity index (χ3n) is 2.50. The van der Waals surface area contributed by atoms with Gasteiger partial charge in [0.25, 0.3) is 0 Å². The Labute approximate surface area is 101 Å². The highest BCUT2D eigenvalue weighted by molar-refractivity contribution is 5.64. The van der Waals surface area contributed by atoms with Crippen LogP contribution in [0.4, 0.5) is 4.39 Å². The van der Waals surface area contributed by atoms with Gasteiger partial charge in [-0.2, -0.15) is 0 Å². The lowest BCUT2D eigenvalue weighted by molar-refractivity contribution is 0.316. The number of hydrogen-bond acceptors (Lipinski definition) is 1. The van der Waals surface area contributed by atoms with Gasteiger partial charge in [-0.3, -0.25) is 0 Å². The Balaban J connectivity index is 2.26. The molecule has 0 atom stereocenters. The molecule has 0 radical (unpaired) electrons. The molecule has 0 aliphatic heterocycles. The number of benzene rings is 2. The fourth-order valence-corrected chi connectivity index (χ4v) is 1.66. The molecule has 0 heterocycles. The van der Waals surface area contributed by atoms with E-state index in [0.717, 1.165) is 12.0 Å². The molecular weight excluding hydrogens is 215 g/mol. The molecule has 2 rings (SSSR count). The van der Waals surface area contributed by atoms with Crippen LogP contribution in [0, 0.1) is 5.82 Å². The summed E-state index contributed by atoms with van der Waals surface area (Å²) in [4.78, 5) is 0. The molecule has 0 bridgehead atoms. The van der Waals surface area contributed by atoms with E-state index in [2.05, 4.69) is 0 Å². The summed E-state index contributed by atoms with van der Waals surface area (Å²) >= 11 is 0. The van der Waals surface area contributed by atoms with E-state index in [0.29, 0.717) is 17.9 Å². The molecule has 0 aliphatic rings. The second-order valence-electron chi connectivity index (χ2n) is 3.86. The predicted octanol–water partition coefficient (Wildman–Crippen LogP) is 4.28. The van der Waals surface area contributed by atoms with E-state index in [1.54, 1.807) is 12.1 Å². The van der Waals surface area contributed by atoms with E-state index in [1.165, 1.54) is 6.07 Å². The minimum atomic E-state index is -0.246. The van der Waals surface area contributed by atoms with Crippen molar-refractivity contribution in [1.82, 2.24) is 0 Å². The van der Waals surface area contributed by atoms with Crippen LogP contribution in [0.3, 0.4) is 0 Å². The van der Waals surface area contributed by atoms with Gasteiger partial charge in [-0.25, -0.2) is 4.39 Å². The topological polar surface area (TPSA) is 9.23 Å². The minimum absolute atomic E-state index is 0.246. The zero-order chi connectivity index (χ0) is 12.1. The van der Waals surface area contributed by atoms with Crippen LogP contribution in [-0.2, 0) is 0 Å². The first-order valence-corrected chi connectivity index (χ1v) is 5.79. The first-order valence-electron chi connectivity index (χ1n) is 5.79. The van der Waals surface area contributed by atoms with Crippen molar-refractivity contribution in [3.05, 3.63) is 54.3 Å². The molecule has 1 nitrogen and oxygen atoms in total. The van der Waals surface area contributed by atoms with Gasteiger partial charge in [0.2, 0.25) is 0 Å². The van der Waals surface area contributed by atoms with Crippen LogP contribution in [0.1, 0.15) is 13.3 Å². The van der Waals surface area contributed by atoms with E-state index in [9.17, 15) is 4.39 Å². The Bertz CT molecular complexity index is 480. The molecule has 0 aliphatic carbocycles. The van der Waals surface area contributed by atoms with E-state index < -0.39 is 0 Å². The second kappa shape index (κ2) is 5.48. The maximum absolute atomic E-state index is 13.9. The molecule has 0 saturated carbocycles. The number of ether oxygens (including phenoxy) is 1. The van der Waals surface area contributed by atoms with Crippen molar-refractivity contribution in [3.63, 3.8) is 0 Å². The monoisotopic (exact) mass is 230 g/mol. The fourth-order valence-electron chi connectivity index (χ4n) is 1.66. The van der Waals surface area contributed by atoms with Crippen LogP contribution in [-0.4, -0.2) is 6.61 Å². The Morgan fingerprint density at radius 2 is 1.82 bits per heavy atom.